The van der Waals surface area contributed by atoms with E-state index in [4.69, 9.17) is 0 Å². The Balaban J connectivity index is 3.19. The van der Waals surface area contributed by atoms with Crippen LogP contribution in [-0.4, -0.2) is 0 Å². The van der Waals surface area contributed by atoms with E-state index in [1.165, 1.54) is 18.2 Å². The third-order valence-corrected chi connectivity index (χ3v) is 2.44. The highest BCUT2D eigenvalue weighted by atomic mass is 79.9. The fourth-order valence-electron chi connectivity index (χ4n) is 0.543. The molecular weight excluding hydrogens is 219 g/mol. The molecule has 10 heavy (non-hydrogen) atoms. The first-order valence-corrected chi connectivity index (χ1v) is 4.02. The molecular formula is C6H3BrFOS+. The average molecular weight is 222 g/mol. The maximum Gasteiger partial charge on any atom is 0.506 e. The standard InChI is InChI=1S/C6H3BrFOS/c7-5-3-4(8)1-2-6(5)10-9/h1-3H/q+1. The first-order valence-electron chi connectivity index (χ1n) is 2.49. The predicted molar refractivity (Wildman–Crippen MR) is 40.4 cm³/mol. The SMILES string of the molecule is O=[S+]c1ccc(F)cc1Br. The van der Waals surface area contributed by atoms with Crippen LogP contribution in [0.1, 0.15) is 0 Å². The van der Waals surface area contributed by atoms with Gasteiger partial charge in [0, 0.05) is 10.3 Å². The zero-order valence-electron chi connectivity index (χ0n) is 4.80. The summed E-state index contributed by atoms with van der Waals surface area (Å²) in [5.41, 5.74) is 0. The highest BCUT2D eigenvalue weighted by Gasteiger charge is 2.11. The van der Waals surface area contributed by atoms with E-state index in [0.29, 0.717) is 21.0 Å². The minimum absolute atomic E-state index is 0.341. The zero-order chi connectivity index (χ0) is 7.56. The number of hydrogen-bond donors (Lipinski definition) is 0. The van der Waals surface area contributed by atoms with Gasteiger partial charge in [0.25, 0.3) is 0 Å². The molecule has 1 nitrogen and oxygen atoms in total. The molecule has 0 spiro atoms. The van der Waals surface area contributed by atoms with Crippen LogP contribution in [0.2, 0.25) is 0 Å². The molecule has 4 heteroatoms. The van der Waals surface area contributed by atoms with Crippen molar-refractivity contribution in [2.45, 2.75) is 4.90 Å². The number of hydrogen-bond acceptors (Lipinski definition) is 1. The number of rotatable bonds is 1. The topological polar surface area (TPSA) is 17.1 Å². The van der Waals surface area contributed by atoms with Crippen molar-refractivity contribution in [3.63, 3.8) is 0 Å². The third kappa shape index (κ3) is 1.58. The maximum atomic E-state index is 12.3. The lowest BCUT2D eigenvalue weighted by Crippen LogP contribution is -1.78. The Morgan fingerprint density at radius 2 is 2.20 bits per heavy atom. The first-order chi connectivity index (χ1) is 4.74. The van der Waals surface area contributed by atoms with E-state index < -0.39 is 0 Å². The second-order valence-corrected chi connectivity index (χ2v) is 3.12. The monoisotopic (exact) mass is 221 g/mol. The smallest absolute Gasteiger partial charge is 0.207 e. The molecule has 52 valence electrons. The molecule has 0 atom stereocenters. The summed E-state index contributed by atoms with van der Waals surface area (Å²) in [5, 5.41) is 0. The highest BCUT2D eigenvalue weighted by molar-refractivity contribution is 9.10. The van der Waals surface area contributed by atoms with Crippen molar-refractivity contribution in [1.29, 1.82) is 0 Å². The van der Waals surface area contributed by atoms with Gasteiger partial charge in [0.1, 0.15) is 5.82 Å². The van der Waals surface area contributed by atoms with Crippen molar-refractivity contribution in [3.8, 4) is 0 Å². The molecule has 1 aromatic rings. The minimum Gasteiger partial charge on any atom is -0.207 e. The van der Waals surface area contributed by atoms with Gasteiger partial charge in [-0.2, -0.15) is 0 Å². The van der Waals surface area contributed by atoms with Gasteiger partial charge < -0.3 is 0 Å². The summed E-state index contributed by atoms with van der Waals surface area (Å²) in [4.78, 5) is 0.501. The van der Waals surface area contributed by atoms with Gasteiger partial charge in [0.15, 0.2) is 0 Å². The van der Waals surface area contributed by atoms with Gasteiger partial charge in [-0.3, -0.25) is 0 Å². The molecule has 0 fully saturated rings. The van der Waals surface area contributed by atoms with Crippen molar-refractivity contribution < 1.29 is 8.60 Å². The predicted octanol–water partition coefficient (Wildman–Crippen LogP) is 2.38. The Labute approximate surface area is 69.9 Å². The molecule has 0 radical (unpaired) electrons. The minimum atomic E-state index is -0.343. The summed E-state index contributed by atoms with van der Waals surface area (Å²) < 4.78 is 23.1. The normalized spacial score (nSPS) is 9.40. The molecule has 0 unspecified atom stereocenters. The molecule has 0 aliphatic heterocycles. The fraction of sp³-hybridized carbons (Fsp3) is 0. The average Bonchev–Trinajstić information content (AvgIpc) is 1.88. The molecule has 0 aliphatic rings. The summed E-state index contributed by atoms with van der Waals surface area (Å²) in [6, 6.07) is 3.96. The van der Waals surface area contributed by atoms with Gasteiger partial charge in [-0.05, 0) is 28.1 Å². The van der Waals surface area contributed by atoms with Gasteiger partial charge in [0.2, 0.25) is 0 Å². The number of halogens is 2. The van der Waals surface area contributed by atoms with Crippen LogP contribution >= 0.6 is 15.9 Å². The van der Waals surface area contributed by atoms with Crippen LogP contribution in [-0.2, 0) is 15.9 Å². The Morgan fingerprint density at radius 1 is 1.50 bits per heavy atom. The maximum absolute atomic E-state index is 12.3. The number of benzene rings is 1. The van der Waals surface area contributed by atoms with E-state index >= 15 is 0 Å². The summed E-state index contributed by atoms with van der Waals surface area (Å²) in [7, 11) is 0. The summed E-state index contributed by atoms with van der Waals surface area (Å²) in [5.74, 6) is -0.343. The summed E-state index contributed by atoms with van der Waals surface area (Å²) >= 11 is 3.39. The van der Waals surface area contributed by atoms with Crippen LogP contribution in [0.3, 0.4) is 0 Å². The van der Waals surface area contributed by atoms with E-state index in [1.807, 2.05) is 0 Å². The Morgan fingerprint density at radius 3 is 2.70 bits per heavy atom. The van der Waals surface area contributed by atoms with E-state index in [9.17, 15) is 8.60 Å². The van der Waals surface area contributed by atoms with Crippen LogP contribution in [0, 0.1) is 5.82 Å². The molecule has 1 rings (SSSR count). The fourth-order valence-corrected chi connectivity index (χ4v) is 1.35. The van der Waals surface area contributed by atoms with Gasteiger partial charge in [-0.25, -0.2) is 4.39 Å². The molecule has 1 aromatic carbocycles. The lowest BCUT2D eigenvalue weighted by molar-refractivity contribution is 0.603. The molecule has 0 saturated heterocycles. The molecule has 0 heterocycles. The van der Waals surface area contributed by atoms with Crippen molar-refractivity contribution in [3.05, 3.63) is 28.5 Å². The molecule has 0 amide bonds. The summed E-state index contributed by atoms with van der Waals surface area (Å²) in [6.45, 7) is 0. The van der Waals surface area contributed by atoms with E-state index in [1.54, 1.807) is 0 Å². The van der Waals surface area contributed by atoms with Gasteiger partial charge in [0.05, 0.1) is 4.47 Å². The van der Waals surface area contributed by atoms with Crippen LogP contribution in [0.15, 0.2) is 27.6 Å². The second kappa shape index (κ2) is 3.16. The first kappa shape index (κ1) is 7.75. The van der Waals surface area contributed by atoms with Crippen molar-refractivity contribution in [2.24, 2.45) is 0 Å². The molecule has 0 bridgehead atoms. The van der Waals surface area contributed by atoms with Crippen molar-refractivity contribution >= 4 is 27.6 Å². The largest absolute Gasteiger partial charge is 0.506 e. The van der Waals surface area contributed by atoms with Crippen LogP contribution in [0.5, 0.6) is 0 Å². The second-order valence-electron chi connectivity index (χ2n) is 1.66. The van der Waals surface area contributed by atoms with Crippen LogP contribution in [0.25, 0.3) is 0 Å². The quantitative estimate of drug-likeness (QED) is 0.666. The van der Waals surface area contributed by atoms with Crippen LogP contribution < -0.4 is 0 Å². The van der Waals surface area contributed by atoms with E-state index in [0.717, 1.165) is 0 Å². The van der Waals surface area contributed by atoms with Crippen molar-refractivity contribution in [2.75, 3.05) is 0 Å². The zero-order valence-corrected chi connectivity index (χ0v) is 7.21. The molecule has 0 aliphatic carbocycles. The van der Waals surface area contributed by atoms with E-state index in [2.05, 4.69) is 15.9 Å². The molecule has 0 aromatic heterocycles. The van der Waals surface area contributed by atoms with Crippen LogP contribution in [0.4, 0.5) is 4.39 Å². The molecule has 0 N–H and O–H groups in total. The van der Waals surface area contributed by atoms with Gasteiger partial charge in [-0.15, -0.1) is 0 Å². The van der Waals surface area contributed by atoms with Gasteiger partial charge >= 0.3 is 16.6 Å². The Kier molecular flexibility index (Phi) is 2.45. The van der Waals surface area contributed by atoms with E-state index in [-0.39, 0.29) is 5.82 Å². The lowest BCUT2D eigenvalue weighted by atomic mass is 10.3. The summed E-state index contributed by atoms with van der Waals surface area (Å²) in [6.07, 6.45) is 0. The highest BCUT2D eigenvalue weighted by Crippen LogP contribution is 2.17. The Bertz CT molecular complexity index is 264. The Hall–Kier alpha value is -0.350. The van der Waals surface area contributed by atoms with Gasteiger partial charge in [-0.1, -0.05) is 0 Å². The van der Waals surface area contributed by atoms with Crippen molar-refractivity contribution in [1.82, 2.24) is 0 Å². The molecule has 0 saturated carbocycles. The lowest BCUT2D eigenvalue weighted by Gasteiger charge is -1.85. The third-order valence-electron chi connectivity index (χ3n) is 0.984.